The highest BCUT2D eigenvalue weighted by atomic mass is 79.9. The second kappa shape index (κ2) is 5.42. The minimum atomic E-state index is -0.0223. The number of halogens is 2. The molecule has 2 aromatic carbocycles. The monoisotopic (exact) mass is 324 g/mol. The molecule has 0 radical (unpaired) electrons. The van der Waals surface area contributed by atoms with Crippen LogP contribution >= 0.6 is 27.5 Å². The van der Waals surface area contributed by atoms with Crippen molar-refractivity contribution in [2.75, 3.05) is 0 Å². The van der Waals surface area contributed by atoms with E-state index in [1.165, 1.54) is 0 Å². The van der Waals surface area contributed by atoms with Crippen LogP contribution in [0.25, 0.3) is 0 Å². The Bertz CT molecular complexity index is 601. The summed E-state index contributed by atoms with van der Waals surface area (Å²) in [6, 6.07) is 12.5. The van der Waals surface area contributed by atoms with E-state index in [4.69, 9.17) is 27.5 Å². The van der Waals surface area contributed by atoms with Crippen LogP contribution in [0.4, 0.5) is 0 Å². The SMILES string of the molecule is N=C(N)c1ccc(Oc2cccc(Br)c2)c(Cl)c1. The van der Waals surface area contributed by atoms with Crippen LogP contribution in [0, 0.1) is 5.41 Å². The van der Waals surface area contributed by atoms with Gasteiger partial charge in [0.05, 0.1) is 5.02 Å². The molecule has 18 heavy (non-hydrogen) atoms. The van der Waals surface area contributed by atoms with Crippen LogP contribution < -0.4 is 10.5 Å². The van der Waals surface area contributed by atoms with Gasteiger partial charge >= 0.3 is 0 Å². The molecular formula is C13H10BrClN2O. The summed E-state index contributed by atoms with van der Waals surface area (Å²) in [7, 11) is 0. The van der Waals surface area contributed by atoms with Crippen molar-refractivity contribution < 1.29 is 4.74 Å². The van der Waals surface area contributed by atoms with Gasteiger partial charge in [0.15, 0.2) is 0 Å². The maximum absolute atomic E-state index is 7.32. The fourth-order valence-corrected chi connectivity index (χ4v) is 2.01. The number of rotatable bonds is 3. The van der Waals surface area contributed by atoms with E-state index in [1.807, 2.05) is 24.3 Å². The number of ether oxygens (including phenoxy) is 1. The van der Waals surface area contributed by atoms with E-state index in [-0.39, 0.29) is 5.84 Å². The van der Waals surface area contributed by atoms with Gasteiger partial charge < -0.3 is 10.5 Å². The normalized spacial score (nSPS) is 10.1. The maximum atomic E-state index is 7.32. The van der Waals surface area contributed by atoms with E-state index in [9.17, 15) is 0 Å². The first-order chi connectivity index (χ1) is 8.56. The average Bonchev–Trinajstić information content (AvgIpc) is 2.31. The second-order valence-corrected chi connectivity index (χ2v) is 4.94. The van der Waals surface area contributed by atoms with Crippen LogP contribution in [-0.4, -0.2) is 5.84 Å². The molecule has 0 bridgehead atoms. The van der Waals surface area contributed by atoms with Gasteiger partial charge in [-0.3, -0.25) is 5.41 Å². The molecule has 0 saturated heterocycles. The molecule has 0 spiro atoms. The molecule has 0 saturated carbocycles. The summed E-state index contributed by atoms with van der Waals surface area (Å²) in [5, 5.41) is 7.74. The topological polar surface area (TPSA) is 59.1 Å². The van der Waals surface area contributed by atoms with Gasteiger partial charge in [-0.25, -0.2) is 0 Å². The summed E-state index contributed by atoms with van der Waals surface area (Å²) >= 11 is 9.44. The van der Waals surface area contributed by atoms with Crippen molar-refractivity contribution in [3.8, 4) is 11.5 Å². The molecule has 0 aliphatic rings. The van der Waals surface area contributed by atoms with E-state index in [2.05, 4.69) is 15.9 Å². The summed E-state index contributed by atoms with van der Waals surface area (Å²) in [6.45, 7) is 0. The fraction of sp³-hybridized carbons (Fsp3) is 0. The van der Waals surface area contributed by atoms with Gasteiger partial charge in [0.2, 0.25) is 0 Å². The lowest BCUT2D eigenvalue weighted by atomic mass is 10.2. The Hall–Kier alpha value is -1.52. The van der Waals surface area contributed by atoms with Crippen LogP contribution in [0.2, 0.25) is 5.02 Å². The Morgan fingerprint density at radius 2 is 2.00 bits per heavy atom. The number of hydrogen-bond donors (Lipinski definition) is 2. The molecule has 0 aliphatic heterocycles. The predicted molar refractivity (Wildman–Crippen MR) is 76.7 cm³/mol. The molecule has 0 fully saturated rings. The Morgan fingerprint density at radius 3 is 2.61 bits per heavy atom. The Labute approximate surface area is 118 Å². The van der Waals surface area contributed by atoms with Gasteiger partial charge in [0, 0.05) is 10.0 Å². The predicted octanol–water partition coefficient (Wildman–Crippen LogP) is 4.18. The Balaban J connectivity index is 2.27. The largest absolute Gasteiger partial charge is 0.456 e. The van der Waals surface area contributed by atoms with Crippen molar-refractivity contribution in [3.05, 3.63) is 57.5 Å². The fourth-order valence-electron chi connectivity index (χ4n) is 1.41. The van der Waals surface area contributed by atoms with Crippen LogP contribution in [-0.2, 0) is 0 Å². The minimum Gasteiger partial charge on any atom is -0.456 e. The van der Waals surface area contributed by atoms with Gasteiger partial charge in [0.1, 0.15) is 17.3 Å². The first-order valence-electron chi connectivity index (χ1n) is 5.13. The third kappa shape index (κ3) is 3.03. The summed E-state index contributed by atoms with van der Waals surface area (Å²) in [5.41, 5.74) is 5.95. The van der Waals surface area contributed by atoms with Gasteiger partial charge in [-0.1, -0.05) is 33.6 Å². The van der Waals surface area contributed by atoms with E-state index in [0.29, 0.717) is 22.1 Å². The molecule has 0 unspecified atom stereocenters. The van der Waals surface area contributed by atoms with Crippen molar-refractivity contribution in [2.45, 2.75) is 0 Å². The first kappa shape index (κ1) is 12.9. The first-order valence-corrected chi connectivity index (χ1v) is 6.31. The summed E-state index contributed by atoms with van der Waals surface area (Å²) in [5.74, 6) is 1.19. The standard InChI is InChI=1S/C13H10BrClN2O/c14-9-2-1-3-10(7-9)18-12-5-4-8(13(16)17)6-11(12)15/h1-7H,(H3,16,17). The van der Waals surface area contributed by atoms with Gasteiger partial charge in [-0.2, -0.15) is 0 Å². The lowest BCUT2D eigenvalue weighted by Crippen LogP contribution is -2.10. The molecule has 0 amide bonds. The van der Waals surface area contributed by atoms with Crippen molar-refractivity contribution in [1.82, 2.24) is 0 Å². The van der Waals surface area contributed by atoms with Crippen molar-refractivity contribution >= 4 is 33.4 Å². The molecule has 2 rings (SSSR count). The molecule has 5 heteroatoms. The zero-order chi connectivity index (χ0) is 13.1. The third-order valence-electron chi connectivity index (χ3n) is 2.27. The summed E-state index contributed by atoms with van der Waals surface area (Å²) in [4.78, 5) is 0. The molecule has 0 aromatic heterocycles. The van der Waals surface area contributed by atoms with E-state index in [1.54, 1.807) is 18.2 Å². The number of benzene rings is 2. The van der Waals surface area contributed by atoms with Crippen molar-refractivity contribution in [3.63, 3.8) is 0 Å². The Kier molecular flexibility index (Phi) is 3.89. The highest BCUT2D eigenvalue weighted by Crippen LogP contribution is 2.31. The van der Waals surface area contributed by atoms with Crippen molar-refractivity contribution in [2.24, 2.45) is 5.73 Å². The summed E-state index contributed by atoms with van der Waals surface area (Å²) < 4.78 is 6.58. The summed E-state index contributed by atoms with van der Waals surface area (Å²) in [6.07, 6.45) is 0. The number of nitrogens with one attached hydrogen (secondary N) is 1. The molecule has 2 aromatic rings. The highest BCUT2D eigenvalue weighted by molar-refractivity contribution is 9.10. The van der Waals surface area contributed by atoms with Crippen LogP contribution in [0.1, 0.15) is 5.56 Å². The maximum Gasteiger partial charge on any atom is 0.146 e. The molecular weight excluding hydrogens is 316 g/mol. The highest BCUT2D eigenvalue weighted by Gasteiger charge is 2.06. The van der Waals surface area contributed by atoms with E-state index >= 15 is 0 Å². The number of hydrogen-bond acceptors (Lipinski definition) is 2. The molecule has 0 aliphatic carbocycles. The molecule has 3 N–H and O–H groups in total. The number of amidine groups is 1. The average molecular weight is 326 g/mol. The van der Waals surface area contributed by atoms with Crippen LogP contribution in [0.5, 0.6) is 11.5 Å². The van der Waals surface area contributed by atoms with Crippen LogP contribution in [0.15, 0.2) is 46.9 Å². The quantitative estimate of drug-likeness (QED) is 0.657. The van der Waals surface area contributed by atoms with E-state index < -0.39 is 0 Å². The Morgan fingerprint density at radius 1 is 1.22 bits per heavy atom. The van der Waals surface area contributed by atoms with Gasteiger partial charge in [-0.05, 0) is 36.4 Å². The second-order valence-electron chi connectivity index (χ2n) is 3.62. The molecule has 3 nitrogen and oxygen atoms in total. The van der Waals surface area contributed by atoms with Crippen LogP contribution in [0.3, 0.4) is 0 Å². The number of nitrogens with two attached hydrogens (primary N) is 1. The smallest absolute Gasteiger partial charge is 0.146 e. The minimum absolute atomic E-state index is 0.0223. The van der Waals surface area contributed by atoms with Crippen molar-refractivity contribution in [1.29, 1.82) is 5.41 Å². The lowest BCUT2D eigenvalue weighted by Gasteiger charge is -2.09. The van der Waals surface area contributed by atoms with Gasteiger partial charge in [-0.15, -0.1) is 0 Å². The molecule has 0 atom stereocenters. The van der Waals surface area contributed by atoms with Gasteiger partial charge in [0.25, 0.3) is 0 Å². The zero-order valence-corrected chi connectivity index (χ0v) is 11.6. The van der Waals surface area contributed by atoms with E-state index in [0.717, 1.165) is 4.47 Å². The zero-order valence-electron chi connectivity index (χ0n) is 9.28. The molecule has 92 valence electrons. The lowest BCUT2D eigenvalue weighted by molar-refractivity contribution is 0.482. The number of nitrogen functional groups attached to an aromatic ring is 1. The molecule has 0 heterocycles. The third-order valence-corrected chi connectivity index (χ3v) is 3.06.